The van der Waals surface area contributed by atoms with Crippen LogP contribution in [-0.4, -0.2) is 14.5 Å². The summed E-state index contributed by atoms with van der Waals surface area (Å²) < 4.78 is 3.15. The predicted octanol–water partition coefficient (Wildman–Crippen LogP) is 5.00. The third kappa shape index (κ3) is 2.01. The number of aromatic nitrogens is 3. The maximum absolute atomic E-state index is 5.61. The van der Waals surface area contributed by atoms with Gasteiger partial charge in [-0.3, -0.25) is 4.98 Å². The molecule has 0 aliphatic heterocycles. The lowest BCUT2D eigenvalue weighted by atomic mass is 9.99. The van der Waals surface area contributed by atoms with Crippen LogP contribution in [0.3, 0.4) is 0 Å². The van der Waals surface area contributed by atoms with Crippen LogP contribution in [0.4, 0.5) is 0 Å². The highest BCUT2D eigenvalue weighted by atomic mass is 32.1. The molecular formula is C17H19N3S. The van der Waals surface area contributed by atoms with Crippen molar-refractivity contribution < 1.29 is 0 Å². The molecule has 1 aliphatic rings. The highest BCUT2D eigenvalue weighted by Gasteiger charge is 2.25. The summed E-state index contributed by atoms with van der Waals surface area (Å²) in [5.41, 5.74) is 3.29. The summed E-state index contributed by atoms with van der Waals surface area (Å²) in [5.74, 6) is 0.739. The van der Waals surface area contributed by atoms with E-state index >= 15 is 0 Å². The van der Waals surface area contributed by atoms with Crippen molar-refractivity contribution in [3.05, 3.63) is 35.2 Å². The Kier molecular flexibility index (Phi) is 3.07. The third-order valence-corrected chi connectivity index (χ3v) is 5.24. The summed E-state index contributed by atoms with van der Waals surface area (Å²) >= 11 is 5.61. The van der Waals surface area contributed by atoms with Crippen molar-refractivity contribution in [1.29, 1.82) is 0 Å². The van der Waals surface area contributed by atoms with Crippen molar-refractivity contribution >= 4 is 34.2 Å². The first-order valence-electron chi connectivity index (χ1n) is 7.73. The molecule has 0 amide bonds. The first-order chi connectivity index (χ1) is 10.3. The molecule has 0 spiro atoms. The van der Waals surface area contributed by atoms with Crippen molar-refractivity contribution in [1.82, 2.24) is 14.5 Å². The van der Waals surface area contributed by atoms with Gasteiger partial charge in [-0.2, -0.15) is 0 Å². The Morgan fingerprint density at radius 2 is 2.05 bits per heavy atom. The Bertz CT molecular complexity index is 855. The number of H-pyrrole nitrogens is 1. The molecule has 1 aromatic carbocycles. The number of hydrogen-bond donors (Lipinski definition) is 1. The van der Waals surface area contributed by atoms with E-state index in [-0.39, 0.29) is 0 Å². The van der Waals surface area contributed by atoms with E-state index in [1.54, 1.807) is 0 Å². The van der Waals surface area contributed by atoms with Gasteiger partial charge in [0, 0.05) is 11.4 Å². The second-order valence-electron chi connectivity index (χ2n) is 6.12. The van der Waals surface area contributed by atoms with Gasteiger partial charge in [-0.25, -0.2) is 0 Å². The number of rotatable bonds is 2. The van der Waals surface area contributed by atoms with Gasteiger partial charge in [-0.15, -0.1) is 0 Å². The average molecular weight is 297 g/mol. The normalized spacial score (nSPS) is 17.8. The number of imidazole rings is 1. The molecule has 21 heavy (non-hydrogen) atoms. The zero-order chi connectivity index (χ0) is 14.4. The summed E-state index contributed by atoms with van der Waals surface area (Å²) in [6.07, 6.45) is 7.25. The molecule has 1 fully saturated rings. The minimum Gasteiger partial charge on any atom is -0.329 e. The van der Waals surface area contributed by atoms with Crippen molar-refractivity contribution in [3.63, 3.8) is 0 Å². The van der Waals surface area contributed by atoms with Crippen LogP contribution in [0.15, 0.2) is 30.5 Å². The van der Waals surface area contributed by atoms with Gasteiger partial charge >= 0.3 is 0 Å². The van der Waals surface area contributed by atoms with Crippen LogP contribution in [0, 0.1) is 10.7 Å². The summed E-state index contributed by atoms with van der Waals surface area (Å²) in [6, 6.07) is 8.76. The number of para-hydroxylation sites is 1. The maximum atomic E-state index is 5.61. The number of nitrogens with one attached hydrogen (secondary N) is 1. The number of benzene rings is 1. The standard InChI is InChI=1S/C17H19N3S/c1-11(12-6-2-3-7-12)20-16-13-8-4-5-9-14(13)18-10-15(16)19-17(20)21/h4-5,8-12H,2-3,6-7H2,1H3,(H,19,21). The molecule has 4 heteroatoms. The molecule has 0 bridgehead atoms. The van der Waals surface area contributed by atoms with Gasteiger partial charge in [-0.1, -0.05) is 31.0 Å². The topological polar surface area (TPSA) is 33.6 Å². The van der Waals surface area contributed by atoms with Crippen molar-refractivity contribution in [2.75, 3.05) is 0 Å². The van der Waals surface area contributed by atoms with E-state index in [9.17, 15) is 0 Å². The van der Waals surface area contributed by atoms with Gasteiger partial charge in [0.2, 0.25) is 0 Å². The lowest BCUT2D eigenvalue weighted by Gasteiger charge is -2.21. The Morgan fingerprint density at radius 3 is 2.86 bits per heavy atom. The molecule has 1 saturated carbocycles. The van der Waals surface area contributed by atoms with Gasteiger partial charge in [-0.05, 0) is 44.0 Å². The first kappa shape index (κ1) is 13.0. The van der Waals surface area contributed by atoms with E-state index in [0.29, 0.717) is 6.04 Å². The molecule has 0 radical (unpaired) electrons. The minimum atomic E-state index is 0.444. The van der Waals surface area contributed by atoms with Crippen LogP contribution in [0.5, 0.6) is 0 Å². The second-order valence-corrected chi connectivity index (χ2v) is 6.51. The van der Waals surface area contributed by atoms with Crippen LogP contribution in [-0.2, 0) is 0 Å². The Hall–Kier alpha value is -1.68. The average Bonchev–Trinajstić information content (AvgIpc) is 3.13. The molecule has 2 heterocycles. The first-order valence-corrected chi connectivity index (χ1v) is 8.14. The fourth-order valence-electron chi connectivity index (χ4n) is 3.79. The molecule has 2 aromatic heterocycles. The number of aromatic amines is 1. The molecule has 1 N–H and O–H groups in total. The van der Waals surface area contributed by atoms with Gasteiger partial charge in [0.05, 0.1) is 22.7 Å². The fourth-order valence-corrected chi connectivity index (χ4v) is 4.16. The van der Waals surface area contributed by atoms with Crippen molar-refractivity contribution in [2.24, 2.45) is 5.92 Å². The van der Waals surface area contributed by atoms with Crippen LogP contribution < -0.4 is 0 Å². The van der Waals surface area contributed by atoms with Gasteiger partial charge in [0.25, 0.3) is 0 Å². The fraction of sp³-hybridized carbons (Fsp3) is 0.412. The second kappa shape index (κ2) is 4.95. The number of nitrogens with zero attached hydrogens (tertiary/aromatic N) is 2. The SMILES string of the molecule is CC(C1CCCC1)n1c(=S)[nH]c2cnc3ccccc3c21. The third-order valence-electron chi connectivity index (χ3n) is 4.94. The maximum Gasteiger partial charge on any atom is 0.178 e. The summed E-state index contributed by atoms with van der Waals surface area (Å²) in [6.45, 7) is 2.31. The minimum absolute atomic E-state index is 0.444. The smallest absolute Gasteiger partial charge is 0.178 e. The molecule has 1 atom stereocenters. The van der Waals surface area contributed by atoms with E-state index in [4.69, 9.17) is 12.2 Å². The lowest BCUT2D eigenvalue weighted by molar-refractivity contribution is 0.365. The highest BCUT2D eigenvalue weighted by molar-refractivity contribution is 7.71. The monoisotopic (exact) mass is 297 g/mol. The molecule has 0 saturated heterocycles. The largest absolute Gasteiger partial charge is 0.329 e. The van der Waals surface area contributed by atoms with E-state index in [1.807, 2.05) is 12.3 Å². The lowest BCUT2D eigenvalue weighted by Crippen LogP contribution is -2.14. The van der Waals surface area contributed by atoms with E-state index in [2.05, 4.69) is 39.7 Å². The van der Waals surface area contributed by atoms with Crippen LogP contribution in [0.1, 0.15) is 38.6 Å². The van der Waals surface area contributed by atoms with Gasteiger partial charge in [0.1, 0.15) is 0 Å². The summed E-state index contributed by atoms with van der Waals surface area (Å²) in [5, 5.41) is 1.19. The predicted molar refractivity (Wildman–Crippen MR) is 89.1 cm³/mol. The van der Waals surface area contributed by atoms with Crippen LogP contribution in [0.2, 0.25) is 0 Å². The van der Waals surface area contributed by atoms with Crippen molar-refractivity contribution in [2.45, 2.75) is 38.6 Å². The number of fused-ring (bicyclic) bond motifs is 3. The zero-order valence-corrected chi connectivity index (χ0v) is 13.0. The van der Waals surface area contributed by atoms with Crippen LogP contribution in [0.25, 0.3) is 21.9 Å². The molecule has 3 nitrogen and oxygen atoms in total. The van der Waals surface area contributed by atoms with E-state index in [1.165, 1.54) is 36.6 Å². The summed E-state index contributed by atoms with van der Waals surface area (Å²) in [7, 11) is 0. The molecule has 1 aliphatic carbocycles. The Morgan fingerprint density at radius 1 is 1.29 bits per heavy atom. The van der Waals surface area contributed by atoms with Crippen LogP contribution >= 0.6 is 12.2 Å². The molecule has 1 unspecified atom stereocenters. The zero-order valence-electron chi connectivity index (χ0n) is 12.2. The Labute approximate surface area is 129 Å². The number of hydrogen-bond acceptors (Lipinski definition) is 2. The van der Waals surface area contributed by atoms with Crippen molar-refractivity contribution in [3.8, 4) is 0 Å². The molecule has 4 rings (SSSR count). The van der Waals surface area contributed by atoms with Gasteiger partial charge in [0.15, 0.2) is 4.77 Å². The molecule has 108 valence electrons. The molecule has 3 aromatic rings. The Balaban J connectivity index is 2.00. The molecular weight excluding hydrogens is 278 g/mol. The van der Waals surface area contributed by atoms with Gasteiger partial charge < -0.3 is 9.55 Å². The van der Waals surface area contributed by atoms with E-state index < -0.39 is 0 Å². The quantitative estimate of drug-likeness (QED) is 0.675. The highest BCUT2D eigenvalue weighted by Crippen LogP contribution is 2.36. The van der Waals surface area contributed by atoms with E-state index in [0.717, 1.165) is 21.7 Å². The number of pyridine rings is 1. The summed E-state index contributed by atoms with van der Waals surface area (Å²) in [4.78, 5) is 7.87.